The molecule has 3 nitrogen and oxygen atoms in total. The van der Waals surface area contributed by atoms with Gasteiger partial charge in [0.2, 0.25) is 5.91 Å². The second-order valence-electron chi connectivity index (χ2n) is 6.32. The number of benzene rings is 2. The maximum absolute atomic E-state index is 12.6. The molecular formula is C19H19Cl3N2O. The van der Waals surface area contributed by atoms with Gasteiger partial charge in [0.15, 0.2) is 0 Å². The number of nitrogens with zero attached hydrogens (tertiary/aromatic N) is 1. The van der Waals surface area contributed by atoms with Gasteiger partial charge in [-0.1, -0.05) is 46.9 Å². The highest BCUT2D eigenvalue weighted by atomic mass is 35.5. The molecule has 2 aromatic rings. The number of nitrogens with one attached hydrogen (secondary N) is 1. The molecule has 1 saturated heterocycles. The van der Waals surface area contributed by atoms with Crippen LogP contribution in [0.4, 0.5) is 5.69 Å². The zero-order valence-electron chi connectivity index (χ0n) is 13.6. The Bertz CT molecular complexity index is 766. The van der Waals surface area contributed by atoms with E-state index in [4.69, 9.17) is 34.8 Å². The van der Waals surface area contributed by atoms with Gasteiger partial charge in [0.25, 0.3) is 0 Å². The molecule has 132 valence electrons. The lowest BCUT2D eigenvalue weighted by atomic mass is 9.96. The van der Waals surface area contributed by atoms with Crippen molar-refractivity contribution >= 4 is 46.4 Å². The van der Waals surface area contributed by atoms with Gasteiger partial charge in [0.05, 0.1) is 16.6 Å². The first-order valence-electron chi connectivity index (χ1n) is 8.24. The van der Waals surface area contributed by atoms with Crippen LogP contribution in [0.1, 0.15) is 18.4 Å². The van der Waals surface area contributed by atoms with E-state index in [0.29, 0.717) is 15.7 Å². The minimum atomic E-state index is -0.0559. The summed E-state index contributed by atoms with van der Waals surface area (Å²) in [4.78, 5) is 14.9. The number of carbonyl (C=O) groups excluding carboxylic acids is 1. The normalized spacial score (nSPS) is 18.1. The quantitative estimate of drug-likeness (QED) is 0.739. The summed E-state index contributed by atoms with van der Waals surface area (Å²) in [6.45, 7) is 2.51. The second-order valence-corrected chi connectivity index (χ2v) is 7.60. The van der Waals surface area contributed by atoms with Gasteiger partial charge in [0, 0.05) is 23.1 Å². The number of amides is 1. The molecule has 1 atom stereocenters. The topological polar surface area (TPSA) is 32.3 Å². The molecule has 3 rings (SSSR count). The number of hydrogen-bond acceptors (Lipinski definition) is 2. The molecule has 0 radical (unpaired) electrons. The smallest absolute Gasteiger partial charge is 0.228 e. The molecule has 1 N–H and O–H groups in total. The Balaban J connectivity index is 1.61. The average Bonchev–Trinajstić information content (AvgIpc) is 2.57. The van der Waals surface area contributed by atoms with Gasteiger partial charge in [-0.3, -0.25) is 9.69 Å². The second kappa shape index (κ2) is 8.41. The lowest BCUT2D eigenvalue weighted by Gasteiger charge is -2.32. The van der Waals surface area contributed by atoms with Crippen LogP contribution in [0.25, 0.3) is 0 Å². The number of likely N-dealkylation sites (tertiary alicyclic amines) is 1. The minimum Gasteiger partial charge on any atom is -0.324 e. The Morgan fingerprint density at radius 2 is 1.92 bits per heavy atom. The van der Waals surface area contributed by atoms with Crippen LogP contribution in [0.2, 0.25) is 15.1 Å². The number of carbonyl (C=O) groups is 1. The van der Waals surface area contributed by atoms with Gasteiger partial charge in [-0.15, -0.1) is 0 Å². The molecule has 1 aliphatic rings. The van der Waals surface area contributed by atoms with Gasteiger partial charge in [-0.2, -0.15) is 0 Å². The van der Waals surface area contributed by atoms with Crippen LogP contribution in [-0.4, -0.2) is 23.9 Å². The van der Waals surface area contributed by atoms with Crippen LogP contribution in [-0.2, 0) is 11.3 Å². The van der Waals surface area contributed by atoms with Crippen LogP contribution in [0, 0.1) is 5.92 Å². The Hall–Kier alpha value is -1.26. The SMILES string of the molecule is O=C(Nc1ccc(Cl)cc1Cl)C1CCCN(Cc2cccc(Cl)c2)C1. The van der Waals surface area contributed by atoms with Crippen molar-refractivity contribution in [1.82, 2.24) is 4.90 Å². The van der Waals surface area contributed by atoms with E-state index in [1.807, 2.05) is 18.2 Å². The van der Waals surface area contributed by atoms with E-state index in [2.05, 4.69) is 16.3 Å². The third-order valence-electron chi connectivity index (χ3n) is 4.36. The van der Waals surface area contributed by atoms with Crippen molar-refractivity contribution in [3.63, 3.8) is 0 Å². The molecule has 1 fully saturated rings. The fourth-order valence-electron chi connectivity index (χ4n) is 3.13. The zero-order chi connectivity index (χ0) is 17.8. The van der Waals surface area contributed by atoms with Gasteiger partial charge >= 0.3 is 0 Å². The van der Waals surface area contributed by atoms with Crippen LogP contribution in [0.5, 0.6) is 0 Å². The summed E-state index contributed by atoms with van der Waals surface area (Å²) in [7, 11) is 0. The van der Waals surface area contributed by atoms with Crippen molar-refractivity contribution in [1.29, 1.82) is 0 Å². The van der Waals surface area contributed by atoms with Crippen LogP contribution in [0.3, 0.4) is 0 Å². The van der Waals surface area contributed by atoms with E-state index in [1.165, 1.54) is 0 Å². The maximum atomic E-state index is 12.6. The van der Waals surface area contributed by atoms with Crippen LogP contribution in [0.15, 0.2) is 42.5 Å². The molecule has 6 heteroatoms. The van der Waals surface area contributed by atoms with E-state index >= 15 is 0 Å². The summed E-state index contributed by atoms with van der Waals surface area (Å²) in [5, 5.41) is 4.66. The van der Waals surface area contributed by atoms with Gasteiger partial charge in [0.1, 0.15) is 0 Å². The summed E-state index contributed by atoms with van der Waals surface area (Å²) in [5.74, 6) is -0.0558. The predicted molar refractivity (Wildman–Crippen MR) is 105 cm³/mol. The first-order valence-corrected chi connectivity index (χ1v) is 9.37. The average molecular weight is 398 g/mol. The predicted octanol–water partition coefficient (Wildman–Crippen LogP) is 5.50. The van der Waals surface area contributed by atoms with Crippen molar-refractivity contribution < 1.29 is 4.79 Å². The monoisotopic (exact) mass is 396 g/mol. The number of piperidine rings is 1. The van der Waals surface area contributed by atoms with Crippen molar-refractivity contribution in [2.45, 2.75) is 19.4 Å². The van der Waals surface area contributed by atoms with Gasteiger partial charge in [-0.05, 0) is 55.3 Å². The minimum absolute atomic E-state index is 0.0000153. The first kappa shape index (κ1) is 18.5. The fraction of sp³-hybridized carbons (Fsp3) is 0.316. The molecule has 0 spiro atoms. The van der Waals surface area contributed by atoms with Crippen LogP contribution >= 0.6 is 34.8 Å². The molecule has 0 bridgehead atoms. The summed E-state index contributed by atoms with van der Waals surface area (Å²) < 4.78 is 0. The van der Waals surface area contributed by atoms with E-state index in [0.717, 1.165) is 43.1 Å². The van der Waals surface area contributed by atoms with E-state index < -0.39 is 0 Å². The van der Waals surface area contributed by atoms with Crippen molar-refractivity contribution in [3.05, 3.63) is 63.1 Å². The number of anilines is 1. The third kappa shape index (κ3) is 5.11. The molecule has 1 unspecified atom stereocenters. The van der Waals surface area contributed by atoms with Gasteiger partial charge in [-0.25, -0.2) is 0 Å². The largest absolute Gasteiger partial charge is 0.324 e. The Kier molecular flexibility index (Phi) is 6.24. The molecule has 0 aromatic heterocycles. The fourth-order valence-corrected chi connectivity index (χ4v) is 3.80. The summed E-state index contributed by atoms with van der Waals surface area (Å²) >= 11 is 18.1. The standard InChI is InChI=1S/C19H19Cl3N2O/c20-15-5-1-3-13(9-15)11-24-8-2-4-14(12-24)19(25)23-18-7-6-16(21)10-17(18)22/h1,3,5-7,9-10,14H,2,4,8,11-12H2,(H,23,25). The summed E-state index contributed by atoms with van der Waals surface area (Å²) in [5.41, 5.74) is 1.76. The zero-order valence-corrected chi connectivity index (χ0v) is 15.9. The summed E-state index contributed by atoms with van der Waals surface area (Å²) in [6.07, 6.45) is 1.87. The molecule has 1 heterocycles. The van der Waals surface area contributed by atoms with Crippen molar-refractivity contribution in [3.8, 4) is 0 Å². The number of halogens is 3. The van der Waals surface area contributed by atoms with Crippen LogP contribution < -0.4 is 5.32 Å². The molecule has 1 amide bonds. The maximum Gasteiger partial charge on any atom is 0.228 e. The van der Waals surface area contributed by atoms with Crippen molar-refractivity contribution in [2.75, 3.05) is 18.4 Å². The number of hydrogen-bond donors (Lipinski definition) is 1. The Morgan fingerprint density at radius 3 is 2.68 bits per heavy atom. The highest BCUT2D eigenvalue weighted by Gasteiger charge is 2.26. The first-order chi connectivity index (χ1) is 12.0. The van der Waals surface area contributed by atoms with E-state index in [9.17, 15) is 4.79 Å². The molecule has 0 aliphatic carbocycles. The van der Waals surface area contributed by atoms with E-state index in [1.54, 1.807) is 18.2 Å². The Morgan fingerprint density at radius 1 is 1.12 bits per heavy atom. The highest BCUT2D eigenvalue weighted by molar-refractivity contribution is 6.36. The highest BCUT2D eigenvalue weighted by Crippen LogP contribution is 2.27. The third-order valence-corrected chi connectivity index (χ3v) is 5.14. The summed E-state index contributed by atoms with van der Waals surface area (Å²) in [6, 6.07) is 12.9. The number of rotatable bonds is 4. The Labute approximate surface area is 162 Å². The molecule has 0 saturated carbocycles. The molecular weight excluding hydrogens is 379 g/mol. The van der Waals surface area contributed by atoms with Crippen molar-refractivity contribution in [2.24, 2.45) is 5.92 Å². The lowest BCUT2D eigenvalue weighted by molar-refractivity contribution is -0.121. The van der Waals surface area contributed by atoms with Gasteiger partial charge < -0.3 is 5.32 Å². The van der Waals surface area contributed by atoms with E-state index in [-0.39, 0.29) is 11.8 Å². The molecule has 25 heavy (non-hydrogen) atoms. The lowest BCUT2D eigenvalue weighted by Crippen LogP contribution is -2.40. The molecule has 1 aliphatic heterocycles. The molecule has 2 aromatic carbocycles.